The molecule has 0 unspecified atom stereocenters. The molecule has 1 aromatic carbocycles. The first-order valence-electron chi connectivity index (χ1n) is 6.85. The van der Waals surface area contributed by atoms with Crippen LogP contribution in [0.15, 0.2) is 36.0 Å². The summed E-state index contributed by atoms with van der Waals surface area (Å²) in [4.78, 5) is 24.7. The molecule has 7 heteroatoms. The molecule has 1 amide bonds. The number of rotatable bonds is 3. The summed E-state index contributed by atoms with van der Waals surface area (Å²) in [6.45, 7) is 3.62. The molecule has 0 spiro atoms. The fourth-order valence-electron chi connectivity index (χ4n) is 2.01. The van der Waals surface area contributed by atoms with Crippen LogP contribution in [-0.2, 0) is 0 Å². The van der Waals surface area contributed by atoms with Gasteiger partial charge in [-0.3, -0.25) is 10.1 Å². The Bertz CT molecular complexity index is 861. The van der Waals surface area contributed by atoms with Crippen molar-refractivity contribution < 1.29 is 9.18 Å². The maximum Gasteiger partial charge on any atom is 0.276 e. The van der Waals surface area contributed by atoms with Crippen molar-refractivity contribution in [3.8, 4) is 11.3 Å². The molecule has 2 heterocycles. The number of thiazole rings is 1. The summed E-state index contributed by atoms with van der Waals surface area (Å²) in [6, 6.07) is 6.04. The van der Waals surface area contributed by atoms with E-state index in [4.69, 9.17) is 0 Å². The first-order chi connectivity index (χ1) is 11.0. The van der Waals surface area contributed by atoms with Crippen LogP contribution in [0.5, 0.6) is 0 Å². The molecular weight excluding hydrogens is 315 g/mol. The topological polar surface area (TPSA) is 67.8 Å². The van der Waals surface area contributed by atoms with E-state index in [1.54, 1.807) is 24.4 Å². The van der Waals surface area contributed by atoms with Crippen LogP contribution in [0.4, 0.5) is 9.52 Å². The summed E-state index contributed by atoms with van der Waals surface area (Å²) in [5, 5.41) is 5.00. The first kappa shape index (κ1) is 15.2. The van der Waals surface area contributed by atoms with E-state index in [-0.39, 0.29) is 11.7 Å². The third-order valence-corrected chi connectivity index (χ3v) is 4.17. The number of aryl methyl sites for hydroxylation is 1. The highest BCUT2D eigenvalue weighted by Gasteiger charge is 2.15. The predicted octanol–water partition coefficient (Wildman–Crippen LogP) is 3.61. The lowest BCUT2D eigenvalue weighted by molar-refractivity contribution is 0.102. The molecule has 0 radical (unpaired) electrons. The second-order valence-corrected chi connectivity index (χ2v) is 5.79. The van der Waals surface area contributed by atoms with Crippen LogP contribution in [0.2, 0.25) is 0 Å². The Morgan fingerprint density at radius 2 is 1.91 bits per heavy atom. The highest BCUT2D eigenvalue weighted by molar-refractivity contribution is 7.14. The number of benzene rings is 1. The van der Waals surface area contributed by atoms with Crippen molar-refractivity contribution in [1.82, 2.24) is 15.0 Å². The van der Waals surface area contributed by atoms with Gasteiger partial charge in [0.25, 0.3) is 5.91 Å². The van der Waals surface area contributed by atoms with Gasteiger partial charge in [0.05, 0.1) is 5.69 Å². The van der Waals surface area contributed by atoms with Crippen molar-refractivity contribution in [2.45, 2.75) is 13.8 Å². The molecule has 0 aliphatic carbocycles. The molecule has 0 saturated carbocycles. The maximum absolute atomic E-state index is 13.0. The van der Waals surface area contributed by atoms with Gasteiger partial charge in [0, 0.05) is 22.2 Å². The Morgan fingerprint density at radius 3 is 2.65 bits per heavy atom. The predicted molar refractivity (Wildman–Crippen MR) is 87.0 cm³/mol. The third kappa shape index (κ3) is 3.24. The lowest BCUT2D eigenvalue weighted by Crippen LogP contribution is -2.16. The Hall–Kier alpha value is -2.67. The van der Waals surface area contributed by atoms with Gasteiger partial charge in [-0.05, 0) is 38.1 Å². The first-order valence-corrected chi connectivity index (χ1v) is 7.73. The van der Waals surface area contributed by atoms with Gasteiger partial charge in [-0.25, -0.2) is 19.3 Å². The van der Waals surface area contributed by atoms with Gasteiger partial charge in [0.15, 0.2) is 5.13 Å². The Morgan fingerprint density at radius 1 is 1.17 bits per heavy atom. The summed E-state index contributed by atoms with van der Waals surface area (Å²) < 4.78 is 13.0. The molecule has 0 fully saturated rings. The number of nitrogens with zero attached hydrogens (tertiary/aromatic N) is 3. The number of anilines is 1. The summed E-state index contributed by atoms with van der Waals surface area (Å²) in [5.41, 5.74) is 3.30. The number of hydrogen-bond donors (Lipinski definition) is 1. The van der Waals surface area contributed by atoms with Crippen molar-refractivity contribution in [1.29, 1.82) is 0 Å². The number of aromatic nitrogens is 3. The smallest absolute Gasteiger partial charge is 0.276 e. The Kier molecular flexibility index (Phi) is 4.12. The molecule has 1 N–H and O–H groups in total. The molecule has 5 nitrogen and oxygen atoms in total. The number of amides is 1. The van der Waals surface area contributed by atoms with Crippen LogP contribution in [0.3, 0.4) is 0 Å². The summed E-state index contributed by atoms with van der Waals surface area (Å²) >= 11 is 1.30. The van der Waals surface area contributed by atoms with E-state index in [9.17, 15) is 9.18 Å². The second kappa shape index (κ2) is 6.21. The van der Waals surface area contributed by atoms with Gasteiger partial charge in [-0.2, -0.15) is 0 Å². The molecule has 2 aromatic heterocycles. The molecule has 0 saturated heterocycles. The summed E-state index contributed by atoms with van der Waals surface area (Å²) in [7, 11) is 0. The third-order valence-electron chi connectivity index (χ3n) is 3.42. The van der Waals surface area contributed by atoms with Crippen molar-refractivity contribution in [2.24, 2.45) is 0 Å². The number of carbonyl (C=O) groups excluding carboxylic acids is 1. The minimum atomic E-state index is -0.326. The van der Waals surface area contributed by atoms with Gasteiger partial charge in [-0.1, -0.05) is 0 Å². The van der Waals surface area contributed by atoms with E-state index in [0.717, 1.165) is 16.8 Å². The van der Waals surface area contributed by atoms with E-state index in [0.29, 0.717) is 16.5 Å². The van der Waals surface area contributed by atoms with Gasteiger partial charge >= 0.3 is 0 Å². The van der Waals surface area contributed by atoms with Crippen LogP contribution in [0.1, 0.15) is 21.7 Å². The second-order valence-electron chi connectivity index (χ2n) is 4.93. The number of hydrogen-bond acceptors (Lipinski definition) is 5. The normalized spacial score (nSPS) is 10.6. The van der Waals surface area contributed by atoms with E-state index in [1.165, 1.54) is 29.8 Å². The maximum atomic E-state index is 13.0. The van der Waals surface area contributed by atoms with Gasteiger partial charge in [0.1, 0.15) is 17.8 Å². The number of halogens is 1. The van der Waals surface area contributed by atoms with Crippen molar-refractivity contribution in [3.05, 3.63) is 58.7 Å². The largest absolute Gasteiger partial charge is 0.296 e. The van der Waals surface area contributed by atoms with Crippen LogP contribution in [-0.4, -0.2) is 20.9 Å². The standard InChI is InChI=1S/C16H13FN4OS/c1-9-10(2)18-8-19-14(9)15(22)21-16-20-13(7-23-16)11-3-5-12(17)6-4-11/h3-8H,1-2H3,(H,20,21,22). The highest BCUT2D eigenvalue weighted by Crippen LogP contribution is 2.25. The molecule has 116 valence electrons. The summed E-state index contributed by atoms with van der Waals surface area (Å²) in [5.74, 6) is -0.625. The molecular formula is C16H13FN4OS. The summed E-state index contributed by atoms with van der Waals surface area (Å²) in [6.07, 6.45) is 1.36. The molecule has 23 heavy (non-hydrogen) atoms. The molecule has 3 rings (SSSR count). The van der Waals surface area contributed by atoms with Gasteiger partial charge in [0.2, 0.25) is 0 Å². The van der Waals surface area contributed by atoms with Crippen LogP contribution < -0.4 is 5.32 Å². The van der Waals surface area contributed by atoms with Crippen LogP contribution >= 0.6 is 11.3 Å². The zero-order valence-corrected chi connectivity index (χ0v) is 13.3. The average molecular weight is 328 g/mol. The molecule has 0 atom stereocenters. The van der Waals surface area contributed by atoms with E-state index < -0.39 is 0 Å². The lowest BCUT2D eigenvalue weighted by Gasteiger charge is -2.05. The van der Waals surface area contributed by atoms with Crippen LogP contribution in [0.25, 0.3) is 11.3 Å². The molecule has 3 aromatic rings. The van der Waals surface area contributed by atoms with Crippen molar-refractivity contribution in [3.63, 3.8) is 0 Å². The lowest BCUT2D eigenvalue weighted by atomic mass is 10.2. The van der Waals surface area contributed by atoms with E-state index >= 15 is 0 Å². The Labute approximate surface area is 136 Å². The minimum absolute atomic E-state index is 0.299. The van der Waals surface area contributed by atoms with E-state index in [2.05, 4.69) is 20.3 Å². The van der Waals surface area contributed by atoms with Crippen molar-refractivity contribution >= 4 is 22.4 Å². The fraction of sp³-hybridized carbons (Fsp3) is 0.125. The van der Waals surface area contributed by atoms with Crippen LogP contribution in [0, 0.1) is 19.7 Å². The zero-order chi connectivity index (χ0) is 16.4. The number of carbonyl (C=O) groups is 1. The fourth-order valence-corrected chi connectivity index (χ4v) is 2.72. The van der Waals surface area contributed by atoms with Crippen molar-refractivity contribution in [2.75, 3.05) is 5.32 Å². The molecule has 0 aliphatic rings. The van der Waals surface area contributed by atoms with E-state index in [1.807, 2.05) is 6.92 Å². The molecule has 0 aliphatic heterocycles. The van der Waals surface area contributed by atoms with Gasteiger partial charge in [-0.15, -0.1) is 11.3 Å². The highest BCUT2D eigenvalue weighted by atomic mass is 32.1. The average Bonchev–Trinajstić information content (AvgIpc) is 2.99. The number of nitrogens with one attached hydrogen (secondary N) is 1. The SMILES string of the molecule is Cc1ncnc(C(=O)Nc2nc(-c3ccc(F)cc3)cs2)c1C. The monoisotopic (exact) mass is 328 g/mol. The van der Waals surface area contributed by atoms with Gasteiger partial charge < -0.3 is 0 Å². The minimum Gasteiger partial charge on any atom is -0.296 e. The quantitative estimate of drug-likeness (QED) is 0.797. The zero-order valence-electron chi connectivity index (χ0n) is 12.5. The molecule has 0 bridgehead atoms. The Balaban J connectivity index is 1.80.